The molecule has 1 heteroatoms. The fraction of sp³-hybridized carbons (Fsp3) is 1.00. The summed E-state index contributed by atoms with van der Waals surface area (Å²) in [5, 5.41) is 3.84. The average Bonchev–Trinajstić information content (AvgIpc) is 2.94. The van der Waals surface area contributed by atoms with E-state index in [1.54, 1.807) is 0 Å². The zero-order chi connectivity index (χ0) is 9.97. The lowest BCUT2D eigenvalue weighted by Crippen LogP contribution is -2.37. The molecule has 1 N–H and O–H groups in total. The van der Waals surface area contributed by atoms with Gasteiger partial charge in [0.2, 0.25) is 0 Å². The van der Waals surface area contributed by atoms with Crippen molar-refractivity contribution in [1.29, 1.82) is 0 Å². The Labute approximate surface area is 88.7 Å². The number of hydrogen-bond acceptors (Lipinski definition) is 1. The molecule has 0 radical (unpaired) electrons. The van der Waals surface area contributed by atoms with Gasteiger partial charge in [0.15, 0.2) is 0 Å². The Morgan fingerprint density at radius 3 is 2.50 bits per heavy atom. The molecule has 3 unspecified atom stereocenters. The maximum atomic E-state index is 3.84. The normalized spacial score (nSPS) is 36.4. The van der Waals surface area contributed by atoms with Gasteiger partial charge in [-0.25, -0.2) is 0 Å². The molecule has 0 saturated heterocycles. The third-order valence-electron chi connectivity index (χ3n) is 4.09. The molecule has 2 fully saturated rings. The maximum Gasteiger partial charge on any atom is 0.00697 e. The second-order valence-corrected chi connectivity index (χ2v) is 5.60. The SMILES string of the molecule is CC1CCCC(NC(C)C2CC2)CC1. The molecular formula is C13H25N. The molecule has 2 saturated carbocycles. The summed E-state index contributed by atoms with van der Waals surface area (Å²) >= 11 is 0. The smallest absolute Gasteiger partial charge is 0.00697 e. The van der Waals surface area contributed by atoms with Crippen LogP contribution in [0.4, 0.5) is 0 Å². The van der Waals surface area contributed by atoms with E-state index in [1.165, 1.54) is 44.9 Å². The van der Waals surface area contributed by atoms with E-state index in [9.17, 15) is 0 Å². The molecule has 0 aliphatic heterocycles. The standard InChI is InChI=1S/C13H25N/c1-10-4-3-5-13(9-6-10)14-11(2)12-7-8-12/h10-14H,3-9H2,1-2H3. The van der Waals surface area contributed by atoms with Crippen LogP contribution in [0.1, 0.15) is 58.8 Å². The minimum absolute atomic E-state index is 0.786. The van der Waals surface area contributed by atoms with Crippen LogP contribution in [0.15, 0.2) is 0 Å². The van der Waals surface area contributed by atoms with E-state index in [0.717, 1.165) is 23.9 Å². The van der Waals surface area contributed by atoms with E-state index in [2.05, 4.69) is 19.2 Å². The van der Waals surface area contributed by atoms with Crippen LogP contribution in [0.25, 0.3) is 0 Å². The van der Waals surface area contributed by atoms with Crippen LogP contribution in [0.2, 0.25) is 0 Å². The Morgan fingerprint density at radius 1 is 1.00 bits per heavy atom. The highest BCUT2D eigenvalue weighted by Crippen LogP contribution is 2.33. The van der Waals surface area contributed by atoms with Crippen LogP contribution in [-0.4, -0.2) is 12.1 Å². The fourth-order valence-corrected chi connectivity index (χ4v) is 2.76. The van der Waals surface area contributed by atoms with E-state index in [4.69, 9.17) is 0 Å². The Hall–Kier alpha value is -0.0400. The van der Waals surface area contributed by atoms with Gasteiger partial charge in [-0.3, -0.25) is 0 Å². The van der Waals surface area contributed by atoms with Crippen molar-refractivity contribution < 1.29 is 0 Å². The minimum Gasteiger partial charge on any atom is -0.311 e. The molecule has 0 spiro atoms. The minimum atomic E-state index is 0.786. The predicted octanol–water partition coefficient (Wildman–Crippen LogP) is 3.34. The first-order valence-corrected chi connectivity index (χ1v) is 6.51. The first kappa shape index (κ1) is 10.5. The summed E-state index contributed by atoms with van der Waals surface area (Å²) in [6.07, 6.45) is 10.1. The monoisotopic (exact) mass is 195 g/mol. The van der Waals surface area contributed by atoms with Crippen molar-refractivity contribution >= 4 is 0 Å². The number of rotatable bonds is 3. The molecule has 14 heavy (non-hydrogen) atoms. The fourth-order valence-electron chi connectivity index (χ4n) is 2.76. The van der Waals surface area contributed by atoms with Crippen LogP contribution < -0.4 is 5.32 Å². The molecule has 0 aromatic carbocycles. The lowest BCUT2D eigenvalue weighted by Gasteiger charge is -2.21. The van der Waals surface area contributed by atoms with Crippen LogP contribution in [0.3, 0.4) is 0 Å². The molecule has 0 heterocycles. The van der Waals surface area contributed by atoms with Crippen molar-refractivity contribution in [2.75, 3.05) is 0 Å². The van der Waals surface area contributed by atoms with Crippen molar-refractivity contribution in [2.45, 2.75) is 70.9 Å². The molecular weight excluding hydrogens is 170 g/mol. The molecule has 1 nitrogen and oxygen atoms in total. The lowest BCUT2D eigenvalue weighted by molar-refractivity contribution is 0.380. The first-order valence-electron chi connectivity index (χ1n) is 6.51. The summed E-state index contributed by atoms with van der Waals surface area (Å²) in [7, 11) is 0. The number of hydrogen-bond donors (Lipinski definition) is 1. The Bertz CT molecular complexity index is 174. The van der Waals surface area contributed by atoms with Crippen molar-refractivity contribution in [3.8, 4) is 0 Å². The second-order valence-electron chi connectivity index (χ2n) is 5.60. The Balaban J connectivity index is 1.73. The van der Waals surface area contributed by atoms with Gasteiger partial charge in [-0.05, 0) is 50.9 Å². The van der Waals surface area contributed by atoms with Gasteiger partial charge in [0.05, 0.1) is 0 Å². The van der Waals surface area contributed by atoms with Crippen LogP contribution in [0, 0.1) is 11.8 Å². The van der Waals surface area contributed by atoms with E-state index in [-0.39, 0.29) is 0 Å². The first-order chi connectivity index (χ1) is 6.75. The van der Waals surface area contributed by atoms with Gasteiger partial charge in [-0.15, -0.1) is 0 Å². The van der Waals surface area contributed by atoms with Crippen LogP contribution in [0.5, 0.6) is 0 Å². The maximum absolute atomic E-state index is 3.84. The zero-order valence-corrected chi connectivity index (χ0v) is 9.76. The number of nitrogens with one attached hydrogen (secondary N) is 1. The van der Waals surface area contributed by atoms with E-state index in [0.29, 0.717) is 0 Å². The van der Waals surface area contributed by atoms with Gasteiger partial charge < -0.3 is 5.32 Å². The van der Waals surface area contributed by atoms with E-state index >= 15 is 0 Å². The van der Waals surface area contributed by atoms with Gasteiger partial charge in [0, 0.05) is 12.1 Å². The quantitative estimate of drug-likeness (QED) is 0.681. The van der Waals surface area contributed by atoms with E-state index in [1.807, 2.05) is 0 Å². The molecule has 2 aliphatic carbocycles. The third-order valence-corrected chi connectivity index (χ3v) is 4.09. The summed E-state index contributed by atoms with van der Waals surface area (Å²) in [5.41, 5.74) is 0. The topological polar surface area (TPSA) is 12.0 Å². The van der Waals surface area contributed by atoms with Gasteiger partial charge >= 0.3 is 0 Å². The van der Waals surface area contributed by atoms with Gasteiger partial charge in [0.25, 0.3) is 0 Å². The Morgan fingerprint density at radius 2 is 1.79 bits per heavy atom. The highest BCUT2D eigenvalue weighted by Gasteiger charge is 2.29. The molecule has 0 aromatic heterocycles. The highest BCUT2D eigenvalue weighted by atomic mass is 15.0. The molecule has 3 atom stereocenters. The summed E-state index contributed by atoms with van der Waals surface area (Å²) < 4.78 is 0. The molecule has 0 amide bonds. The third kappa shape index (κ3) is 2.98. The summed E-state index contributed by atoms with van der Waals surface area (Å²) in [4.78, 5) is 0. The van der Waals surface area contributed by atoms with E-state index < -0.39 is 0 Å². The van der Waals surface area contributed by atoms with Gasteiger partial charge in [-0.1, -0.05) is 19.8 Å². The average molecular weight is 195 g/mol. The largest absolute Gasteiger partial charge is 0.311 e. The zero-order valence-electron chi connectivity index (χ0n) is 9.76. The highest BCUT2D eigenvalue weighted by molar-refractivity contribution is 4.86. The van der Waals surface area contributed by atoms with Crippen LogP contribution in [-0.2, 0) is 0 Å². The molecule has 0 bridgehead atoms. The molecule has 2 rings (SSSR count). The van der Waals surface area contributed by atoms with Gasteiger partial charge in [-0.2, -0.15) is 0 Å². The van der Waals surface area contributed by atoms with Gasteiger partial charge in [0.1, 0.15) is 0 Å². The Kier molecular flexibility index (Phi) is 3.48. The van der Waals surface area contributed by atoms with Crippen molar-refractivity contribution in [1.82, 2.24) is 5.32 Å². The summed E-state index contributed by atoms with van der Waals surface area (Å²) in [6.45, 7) is 4.79. The predicted molar refractivity (Wildman–Crippen MR) is 61.4 cm³/mol. The van der Waals surface area contributed by atoms with Crippen molar-refractivity contribution in [3.05, 3.63) is 0 Å². The summed E-state index contributed by atoms with van der Waals surface area (Å²) in [6, 6.07) is 1.61. The molecule has 82 valence electrons. The molecule has 0 aromatic rings. The van der Waals surface area contributed by atoms with Crippen molar-refractivity contribution in [3.63, 3.8) is 0 Å². The lowest BCUT2D eigenvalue weighted by atomic mass is 10.0. The molecule has 2 aliphatic rings. The van der Waals surface area contributed by atoms with Crippen LogP contribution >= 0.6 is 0 Å². The van der Waals surface area contributed by atoms with Crippen molar-refractivity contribution in [2.24, 2.45) is 11.8 Å². The second kappa shape index (κ2) is 4.65. The summed E-state index contributed by atoms with van der Waals surface area (Å²) in [5.74, 6) is 1.98.